The molecule has 2 aromatic carbocycles. The van der Waals surface area contributed by atoms with E-state index in [4.69, 9.17) is 4.74 Å². The van der Waals surface area contributed by atoms with Crippen LogP contribution >= 0.6 is 0 Å². The molecule has 5 nitrogen and oxygen atoms in total. The summed E-state index contributed by atoms with van der Waals surface area (Å²) in [4.78, 5) is 10.3. The van der Waals surface area contributed by atoms with Crippen LogP contribution in [0.4, 0.5) is 5.69 Å². The molecule has 0 saturated heterocycles. The summed E-state index contributed by atoms with van der Waals surface area (Å²) < 4.78 is 7.97. The maximum absolute atomic E-state index is 10.7. The van der Waals surface area contributed by atoms with Crippen molar-refractivity contribution in [1.29, 1.82) is 0 Å². The molecule has 1 aromatic heterocycles. The van der Waals surface area contributed by atoms with Gasteiger partial charge in [-0.2, -0.15) is 4.57 Å². The minimum Gasteiger partial charge on any atom is -0.443 e. The van der Waals surface area contributed by atoms with Crippen molar-refractivity contribution in [1.82, 2.24) is 0 Å². The zero-order valence-corrected chi connectivity index (χ0v) is 11.5. The monoisotopic (exact) mass is 291 g/mol. The van der Waals surface area contributed by atoms with Crippen LogP contribution in [0.25, 0.3) is 22.9 Å². The summed E-state index contributed by atoms with van der Waals surface area (Å²) in [6.07, 6.45) is 3.84. The van der Waals surface area contributed by atoms with Gasteiger partial charge in [0.1, 0.15) is 0 Å². The van der Waals surface area contributed by atoms with E-state index in [2.05, 4.69) is 0 Å². The molecule has 0 radical (unpaired) electrons. The van der Waals surface area contributed by atoms with Crippen molar-refractivity contribution in [2.24, 2.45) is 0 Å². The van der Waals surface area contributed by atoms with Crippen molar-refractivity contribution in [3.63, 3.8) is 0 Å². The third-order valence-electron chi connectivity index (χ3n) is 3.65. The van der Waals surface area contributed by atoms with E-state index in [1.165, 1.54) is 12.1 Å². The van der Waals surface area contributed by atoms with Gasteiger partial charge < -0.3 is 4.74 Å². The lowest BCUT2D eigenvalue weighted by molar-refractivity contribution is -0.540. The van der Waals surface area contributed by atoms with Crippen molar-refractivity contribution < 1.29 is 14.2 Å². The number of aromatic nitrogens is 1. The molecule has 106 valence electrons. The minimum atomic E-state index is -0.412. The molecular weight excluding hydrogens is 280 g/mol. The molecular formula is C17H11N2O3+. The number of non-ortho nitro benzene ring substituents is 1. The van der Waals surface area contributed by atoms with Crippen LogP contribution in [0.5, 0.6) is 5.75 Å². The molecule has 0 unspecified atom stereocenters. The van der Waals surface area contributed by atoms with Crippen LogP contribution in [0.3, 0.4) is 0 Å². The maximum Gasteiger partial charge on any atom is 0.269 e. The number of ether oxygens (including phenoxy) is 1. The molecule has 0 N–H and O–H groups in total. The summed E-state index contributed by atoms with van der Waals surface area (Å²) in [6, 6.07) is 16.2. The predicted octanol–water partition coefficient (Wildman–Crippen LogP) is 3.38. The van der Waals surface area contributed by atoms with E-state index in [1.54, 1.807) is 12.1 Å². The highest BCUT2D eigenvalue weighted by Crippen LogP contribution is 2.30. The van der Waals surface area contributed by atoms with Crippen molar-refractivity contribution in [3.8, 4) is 5.75 Å². The van der Waals surface area contributed by atoms with Crippen molar-refractivity contribution in [2.45, 2.75) is 0 Å². The number of hydrogen-bond donors (Lipinski definition) is 0. The topological polar surface area (TPSA) is 56.2 Å². The Hall–Kier alpha value is -3.21. The number of rotatable bonds is 2. The van der Waals surface area contributed by atoms with Gasteiger partial charge in [0.05, 0.1) is 10.3 Å². The van der Waals surface area contributed by atoms with Crippen molar-refractivity contribution >= 4 is 28.5 Å². The molecule has 0 bridgehead atoms. The van der Waals surface area contributed by atoms with Gasteiger partial charge in [-0.1, -0.05) is 6.07 Å². The standard InChI is InChI=1S/C17H11N2O3/c20-19(21)14-8-6-12(7-9-14)16-11-18-10-2-4-13-3-1-5-15(22-16)17(13)18/h1-11H/q+1. The summed E-state index contributed by atoms with van der Waals surface area (Å²) >= 11 is 0. The van der Waals surface area contributed by atoms with E-state index in [0.29, 0.717) is 5.76 Å². The highest BCUT2D eigenvalue weighted by atomic mass is 16.6. The third kappa shape index (κ3) is 1.91. The average molecular weight is 291 g/mol. The van der Waals surface area contributed by atoms with Crippen LogP contribution in [-0.2, 0) is 0 Å². The molecule has 5 heteroatoms. The predicted molar refractivity (Wildman–Crippen MR) is 82.0 cm³/mol. The van der Waals surface area contributed by atoms with Gasteiger partial charge in [0.25, 0.3) is 11.2 Å². The number of hydrogen-bond acceptors (Lipinski definition) is 3. The van der Waals surface area contributed by atoms with Crippen LogP contribution in [0.15, 0.2) is 60.8 Å². The molecule has 0 fully saturated rings. The Bertz CT molecular complexity index is 925. The third-order valence-corrected chi connectivity index (χ3v) is 3.65. The van der Waals surface area contributed by atoms with Crippen LogP contribution in [0, 0.1) is 10.1 Å². The lowest BCUT2D eigenvalue weighted by atomic mass is 10.1. The Morgan fingerprint density at radius 1 is 1.00 bits per heavy atom. The quantitative estimate of drug-likeness (QED) is 0.413. The van der Waals surface area contributed by atoms with Gasteiger partial charge in [0, 0.05) is 23.8 Å². The van der Waals surface area contributed by atoms with E-state index in [9.17, 15) is 10.1 Å². The Morgan fingerprint density at radius 2 is 1.77 bits per heavy atom. The molecule has 22 heavy (non-hydrogen) atoms. The van der Waals surface area contributed by atoms with Crippen molar-refractivity contribution in [2.75, 3.05) is 0 Å². The zero-order chi connectivity index (χ0) is 15.1. The lowest BCUT2D eigenvalue weighted by Gasteiger charge is -2.13. The van der Waals surface area contributed by atoms with E-state index in [-0.39, 0.29) is 5.69 Å². The summed E-state index contributed by atoms with van der Waals surface area (Å²) in [5.74, 6) is 1.43. The van der Waals surface area contributed by atoms with Crippen LogP contribution in [-0.4, -0.2) is 4.92 Å². The summed E-state index contributed by atoms with van der Waals surface area (Å²) in [7, 11) is 0. The molecule has 0 aliphatic carbocycles. The number of nitro benzene ring substituents is 1. The summed E-state index contributed by atoms with van der Waals surface area (Å²) in [5, 5.41) is 11.8. The van der Waals surface area contributed by atoms with E-state index >= 15 is 0 Å². The van der Waals surface area contributed by atoms with Crippen LogP contribution in [0.2, 0.25) is 0 Å². The van der Waals surface area contributed by atoms with Crippen LogP contribution < -0.4 is 9.30 Å². The second kappa shape index (κ2) is 4.66. The minimum absolute atomic E-state index is 0.0651. The van der Waals surface area contributed by atoms with Gasteiger partial charge in [-0.15, -0.1) is 0 Å². The molecule has 4 rings (SSSR count). The van der Waals surface area contributed by atoms with E-state index in [1.807, 2.05) is 47.3 Å². The van der Waals surface area contributed by atoms with Crippen molar-refractivity contribution in [3.05, 3.63) is 76.5 Å². The largest absolute Gasteiger partial charge is 0.443 e. The lowest BCUT2D eigenvalue weighted by Crippen LogP contribution is -2.30. The summed E-state index contributed by atoms with van der Waals surface area (Å²) in [5.41, 5.74) is 1.87. The SMILES string of the molecule is O=[N+]([O-])c1ccc(C2=C[n+]3cccc4cccc(c43)O2)cc1. The molecule has 1 aliphatic rings. The van der Waals surface area contributed by atoms with Gasteiger partial charge >= 0.3 is 0 Å². The molecule has 1 aliphatic heterocycles. The number of para-hydroxylation sites is 1. The molecule has 2 heterocycles. The summed E-state index contributed by atoms with van der Waals surface area (Å²) in [6.45, 7) is 0. The molecule has 0 saturated carbocycles. The van der Waals surface area contributed by atoms with Gasteiger partial charge in [-0.05, 0) is 30.3 Å². The first-order valence-corrected chi connectivity index (χ1v) is 6.80. The first kappa shape index (κ1) is 12.5. The van der Waals surface area contributed by atoms with Gasteiger partial charge in [0.15, 0.2) is 17.7 Å². The first-order valence-electron chi connectivity index (χ1n) is 6.80. The zero-order valence-electron chi connectivity index (χ0n) is 11.5. The highest BCUT2D eigenvalue weighted by Gasteiger charge is 2.22. The van der Waals surface area contributed by atoms with Gasteiger partial charge in [-0.25, -0.2) is 0 Å². The number of pyridine rings is 1. The maximum atomic E-state index is 10.7. The smallest absolute Gasteiger partial charge is 0.269 e. The second-order valence-electron chi connectivity index (χ2n) is 5.01. The highest BCUT2D eigenvalue weighted by molar-refractivity contribution is 5.86. The fourth-order valence-electron chi connectivity index (χ4n) is 2.61. The number of benzene rings is 2. The Morgan fingerprint density at radius 3 is 2.55 bits per heavy atom. The molecule has 0 atom stereocenters. The van der Waals surface area contributed by atoms with Crippen LogP contribution in [0.1, 0.15) is 5.56 Å². The Kier molecular flexibility index (Phi) is 2.66. The number of nitro groups is 1. The normalized spacial score (nSPS) is 12.6. The van der Waals surface area contributed by atoms with E-state index < -0.39 is 4.92 Å². The Balaban J connectivity index is 1.83. The second-order valence-corrected chi connectivity index (χ2v) is 5.01. The molecule has 3 aromatic rings. The van der Waals surface area contributed by atoms with Gasteiger partial charge in [0.2, 0.25) is 6.20 Å². The Labute approximate surface area is 125 Å². The average Bonchev–Trinajstić information content (AvgIpc) is 2.55. The number of nitrogens with zero attached hydrogens (tertiary/aromatic N) is 2. The van der Waals surface area contributed by atoms with Gasteiger partial charge in [-0.3, -0.25) is 10.1 Å². The fourth-order valence-corrected chi connectivity index (χ4v) is 2.61. The van der Waals surface area contributed by atoms with E-state index in [0.717, 1.165) is 22.2 Å². The molecule has 0 spiro atoms. The molecule has 0 amide bonds. The first-order chi connectivity index (χ1) is 10.7. The fraction of sp³-hybridized carbons (Fsp3) is 0.